The summed E-state index contributed by atoms with van der Waals surface area (Å²) in [6, 6.07) is 21.7. The van der Waals surface area contributed by atoms with Crippen molar-refractivity contribution in [2.24, 2.45) is 61.4 Å². The predicted molar refractivity (Wildman–Crippen MR) is 239 cm³/mol. The zero-order chi connectivity index (χ0) is 40.0. The molecule has 0 aliphatic heterocycles. The van der Waals surface area contributed by atoms with Gasteiger partial charge in [0.1, 0.15) is 5.56 Å². The van der Waals surface area contributed by atoms with Gasteiger partial charge in [-0.2, -0.15) is 10.2 Å². The molecular weight excluding hydrogens is 733 g/mol. The molecular formula is C50H72N6O3. The van der Waals surface area contributed by atoms with E-state index >= 15 is 0 Å². The quantitative estimate of drug-likeness (QED) is 0.184. The topological polar surface area (TPSA) is 105 Å². The molecule has 4 aromatic rings. The van der Waals surface area contributed by atoms with Crippen LogP contribution in [0.1, 0.15) is 127 Å². The molecule has 8 saturated carbocycles. The van der Waals surface area contributed by atoms with Crippen LogP contribution in [0, 0.1) is 47.3 Å². The van der Waals surface area contributed by atoms with E-state index in [4.69, 9.17) is 5.11 Å². The van der Waals surface area contributed by atoms with Gasteiger partial charge in [-0.3, -0.25) is 14.2 Å². The fourth-order valence-electron chi connectivity index (χ4n) is 12.9. The highest BCUT2D eigenvalue weighted by molar-refractivity contribution is 6.00. The second kappa shape index (κ2) is 18.6. The van der Waals surface area contributed by atoms with Crippen LogP contribution in [0.4, 0.5) is 0 Å². The maximum atomic E-state index is 13.9. The summed E-state index contributed by atoms with van der Waals surface area (Å²) in [6.45, 7) is 8.96. The Balaban J connectivity index is 0.000000160. The Morgan fingerprint density at radius 3 is 1.41 bits per heavy atom. The third-order valence-electron chi connectivity index (χ3n) is 14.5. The van der Waals surface area contributed by atoms with Gasteiger partial charge in [-0.25, -0.2) is 4.79 Å². The summed E-state index contributed by atoms with van der Waals surface area (Å²) in [5.41, 5.74) is 4.44. The van der Waals surface area contributed by atoms with Gasteiger partial charge in [-0.05, 0) is 125 Å². The Kier molecular flexibility index (Phi) is 14.0. The number of rotatable bonds is 8. The molecule has 0 unspecified atom stereocenters. The standard InChI is InChI=1S/C24H31N3O.C13H23N.C11H10N2O2.2CH4/c1-15(2)27(22-19-10-16-9-17(12-19)13-20(22)11-16)24(28)21-14-25-26(3)23(21)18-7-5-4-6-8-18;1-8(2)14-13-11-4-9-3-10(6-11)7-12(13)5-9;1-13-10(8-5-3-2-4-6-8)9(7-12-13)11(14)15;;/h4-8,14-17,19-20,22H,9-13H2,1-3H3;8-14H,3-7H2,1-2H3;2-7H,1H3,(H,14,15);2*1H4. The molecule has 8 aliphatic carbocycles. The number of amides is 1. The van der Waals surface area contributed by atoms with Crippen molar-refractivity contribution < 1.29 is 14.7 Å². The van der Waals surface area contributed by atoms with E-state index in [0.717, 1.165) is 63.9 Å². The van der Waals surface area contributed by atoms with Gasteiger partial charge in [0.25, 0.3) is 5.91 Å². The largest absolute Gasteiger partial charge is 0.478 e. The maximum absolute atomic E-state index is 13.9. The number of carbonyl (C=O) groups excluding carboxylic acids is 1. The van der Waals surface area contributed by atoms with E-state index in [1.807, 2.05) is 60.3 Å². The molecule has 320 valence electrons. The van der Waals surface area contributed by atoms with Crippen LogP contribution in [0.5, 0.6) is 0 Å². The Labute approximate surface area is 354 Å². The highest BCUT2D eigenvalue weighted by atomic mass is 16.4. The van der Waals surface area contributed by atoms with Crippen molar-refractivity contribution in [3.05, 3.63) is 84.2 Å². The van der Waals surface area contributed by atoms with E-state index in [0.29, 0.717) is 29.6 Å². The summed E-state index contributed by atoms with van der Waals surface area (Å²) in [6.07, 6.45) is 17.6. The van der Waals surface area contributed by atoms with Gasteiger partial charge in [-0.1, -0.05) is 89.4 Å². The van der Waals surface area contributed by atoms with Crippen LogP contribution in [0.2, 0.25) is 0 Å². The van der Waals surface area contributed by atoms with Crippen LogP contribution in [0.25, 0.3) is 22.5 Å². The van der Waals surface area contributed by atoms with Crippen molar-refractivity contribution in [3.63, 3.8) is 0 Å². The van der Waals surface area contributed by atoms with Crippen LogP contribution in [0.15, 0.2) is 73.1 Å². The molecule has 0 atom stereocenters. The Morgan fingerprint density at radius 2 is 1.02 bits per heavy atom. The van der Waals surface area contributed by atoms with E-state index < -0.39 is 5.97 Å². The number of carbonyl (C=O) groups is 2. The number of hydrogen-bond acceptors (Lipinski definition) is 5. The molecule has 9 heteroatoms. The summed E-state index contributed by atoms with van der Waals surface area (Å²) in [5, 5.41) is 21.2. The summed E-state index contributed by atoms with van der Waals surface area (Å²) < 4.78 is 3.41. The van der Waals surface area contributed by atoms with Crippen molar-refractivity contribution in [3.8, 4) is 22.5 Å². The Hall–Kier alpha value is -4.24. The first-order valence-corrected chi connectivity index (χ1v) is 21.9. The lowest BCUT2D eigenvalue weighted by molar-refractivity contribution is -0.0630. The molecule has 12 rings (SSSR count). The lowest BCUT2D eigenvalue weighted by Gasteiger charge is -2.58. The van der Waals surface area contributed by atoms with Crippen molar-refractivity contribution in [2.45, 2.75) is 131 Å². The molecule has 1 amide bonds. The molecule has 2 N–H and O–H groups in total. The Morgan fingerprint density at radius 1 is 0.627 bits per heavy atom. The highest BCUT2D eigenvalue weighted by Crippen LogP contribution is 2.56. The average Bonchev–Trinajstić information content (AvgIpc) is 3.77. The van der Waals surface area contributed by atoms with Crippen LogP contribution in [-0.2, 0) is 14.1 Å². The molecule has 2 heterocycles. The number of aromatic nitrogens is 4. The molecule has 8 fully saturated rings. The van der Waals surface area contributed by atoms with Crippen LogP contribution in [0.3, 0.4) is 0 Å². The SMILES string of the molecule is C.C.CC(C)N(C(=O)c1cnn(C)c1-c1ccccc1)C1C2CC3CC(C2)CC1C3.CC(C)NC1C2CC3CC(C2)CC1C3.Cn1ncc(C(=O)O)c1-c1ccccc1. The minimum absolute atomic E-state index is 0. The summed E-state index contributed by atoms with van der Waals surface area (Å²) >= 11 is 0. The first kappa shape index (κ1) is 44.3. The van der Waals surface area contributed by atoms with Crippen molar-refractivity contribution >= 4 is 11.9 Å². The van der Waals surface area contributed by atoms with Gasteiger partial charge in [0, 0.05) is 49.4 Å². The number of nitrogens with zero attached hydrogens (tertiary/aromatic N) is 5. The first-order valence-electron chi connectivity index (χ1n) is 21.9. The lowest BCUT2D eigenvalue weighted by atomic mass is 9.53. The predicted octanol–water partition coefficient (Wildman–Crippen LogP) is 10.6. The van der Waals surface area contributed by atoms with Crippen molar-refractivity contribution in [1.82, 2.24) is 29.8 Å². The average molecular weight is 805 g/mol. The third-order valence-corrected chi connectivity index (χ3v) is 14.5. The van der Waals surface area contributed by atoms with Gasteiger partial charge in [-0.15, -0.1) is 0 Å². The molecule has 9 nitrogen and oxygen atoms in total. The molecule has 8 aliphatic rings. The Bertz CT molecular complexity index is 1940. The van der Waals surface area contributed by atoms with E-state index in [1.165, 1.54) is 64.0 Å². The van der Waals surface area contributed by atoms with Crippen LogP contribution < -0.4 is 5.32 Å². The number of nitrogens with one attached hydrogen (secondary N) is 1. The van der Waals surface area contributed by atoms with Gasteiger partial charge >= 0.3 is 5.97 Å². The zero-order valence-electron chi connectivity index (χ0n) is 34.9. The smallest absolute Gasteiger partial charge is 0.339 e. The number of carboxylic acids is 1. The molecule has 0 spiro atoms. The van der Waals surface area contributed by atoms with E-state index in [2.05, 4.69) is 60.2 Å². The third kappa shape index (κ3) is 9.11. The van der Waals surface area contributed by atoms with Gasteiger partial charge in [0.2, 0.25) is 0 Å². The number of aryl methyl sites for hydroxylation is 2. The molecule has 0 saturated heterocycles. The molecule has 2 aromatic carbocycles. The van der Waals surface area contributed by atoms with Crippen molar-refractivity contribution in [1.29, 1.82) is 0 Å². The summed E-state index contributed by atoms with van der Waals surface area (Å²) in [4.78, 5) is 27.1. The minimum atomic E-state index is -0.957. The zero-order valence-corrected chi connectivity index (χ0v) is 34.9. The first-order chi connectivity index (χ1) is 27.4. The molecule has 2 aromatic heterocycles. The van der Waals surface area contributed by atoms with E-state index in [9.17, 15) is 9.59 Å². The fourth-order valence-corrected chi connectivity index (χ4v) is 12.9. The molecule has 59 heavy (non-hydrogen) atoms. The van der Waals surface area contributed by atoms with E-state index in [1.54, 1.807) is 24.3 Å². The number of hydrogen-bond donors (Lipinski definition) is 2. The fraction of sp³-hybridized carbons (Fsp3) is 0.600. The maximum Gasteiger partial charge on any atom is 0.339 e. The molecule has 8 bridgehead atoms. The second-order valence-electron chi connectivity index (χ2n) is 19.1. The second-order valence-corrected chi connectivity index (χ2v) is 19.1. The number of benzene rings is 2. The number of carboxylic acid groups (broad SMARTS) is 1. The van der Waals surface area contributed by atoms with E-state index in [-0.39, 0.29) is 32.4 Å². The van der Waals surface area contributed by atoms with Crippen molar-refractivity contribution in [2.75, 3.05) is 0 Å². The number of aromatic carboxylic acids is 1. The van der Waals surface area contributed by atoms with Crippen LogP contribution >= 0.6 is 0 Å². The molecule has 0 radical (unpaired) electrons. The lowest BCUT2D eigenvalue weighted by Crippen LogP contribution is -2.59. The minimum Gasteiger partial charge on any atom is -0.478 e. The summed E-state index contributed by atoms with van der Waals surface area (Å²) in [7, 11) is 3.66. The summed E-state index contributed by atoms with van der Waals surface area (Å²) in [5.74, 6) is 6.73. The van der Waals surface area contributed by atoms with Gasteiger partial charge in [0.15, 0.2) is 0 Å². The monoisotopic (exact) mass is 805 g/mol. The normalized spacial score (nSPS) is 29.2. The highest BCUT2D eigenvalue weighted by Gasteiger charge is 2.52. The van der Waals surface area contributed by atoms with Gasteiger partial charge in [0.05, 0.1) is 29.3 Å². The van der Waals surface area contributed by atoms with Crippen LogP contribution in [-0.4, -0.2) is 65.6 Å². The van der Waals surface area contributed by atoms with Gasteiger partial charge < -0.3 is 15.3 Å².